The van der Waals surface area contributed by atoms with Crippen LogP contribution in [0.15, 0.2) is 24.3 Å². The fourth-order valence-corrected chi connectivity index (χ4v) is 4.00. The Morgan fingerprint density at radius 1 is 1.17 bits per heavy atom. The van der Waals surface area contributed by atoms with Crippen LogP contribution in [0.5, 0.6) is 5.75 Å². The van der Waals surface area contributed by atoms with Crippen molar-refractivity contribution in [3.05, 3.63) is 34.4 Å². The van der Waals surface area contributed by atoms with E-state index in [0.29, 0.717) is 30.7 Å². The van der Waals surface area contributed by atoms with Crippen LogP contribution in [0.1, 0.15) is 44.9 Å². The van der Waals surface area contributed by atoms with Crippen molar-refractivity contribution in [1.82, 2.24) is 4.90 Å². The number of hydrogen-bond donors (Lipinski definition) is 0. The number of nitro benzene ring substituents is 1. The third-order valence-corrected chi connectivity index (χ3v) is 5.20. The maximum Gasteiger partial charge on any atom is 0.269 e. The molecule has 24 heavy (non-hydrogen) atoms. The lowest BCUT2D eigenvalue weighted by Crippen LogP contribution is -2.49. The summed E-state index contributed by atoms with van der Waals surface area (Å²) in [6.07, 6.45) is 7.65. The minimum absolute atomic E-state index is 0.0371. The lowest BCUT2D eigenvalue weighted by Gasteiger charge is -2.44. The summed E-state index contributed by atoms with van der Waals surface area (Å²) in [6.45, 7) is 1.18. The molecule has 1 aromatic rings. The monoisotopic (exact) mass is 332 g/mol. The number of carbonyl (C=O) groups is 1. The molecule has 0 N–H and O–H groups in total. The summed E-state index contributed by atoms with van der Waals surface area (Å²) in [5.41, 5.74) is 0.0371. The Hall–Kier alpha value is -2.11. The highest BCUT2D eigenvalue weighted by Gasteiger charge is 2.35. The van der Waals surface area contributed by atoms with E-state index in [-0.39, 0.29) is 11.6 Å². The second kappa shape index (κ2) is 7.64. The summed E-state index contributed by atoms with van der Waals surface area (Å²) in [5, 5.41) is 10.6. The highest BCUT2D eigenvalue weighted by atomic mass is 16.6. The predicted molar refractivity (Wildman–Crippen MR) is 89.9 cm³/mol. The van der Waals surface area contributed by atoms with Gasteiger partial charge in [-0.2, -0.15) is 0 Å². The van der Waals surface area contributed by atoms with Crippen molar-refractivity contribution in [2.24, 2.45) is 5.92 Å². The Balaban J connectivity index is 1.49. The van der Waals surface area contributed by atoms with Gasteiger partial charge in [0.25, 0.3) is 5.69 Å². The molecule has 1 aliphatic heterocycles. The first-order chi connectivity index (χ1) is 11.6. The van der Waals surface area contributed by atoms with Crippen molar-refractivity contribution in [3.63, 3.8) is 0 Å². The maximum absolute atomic E-state index is 12.5. The zero-order valence-electron chi connectivity index (χ0n) is 13.9. The van der Waals surface area contributed by atoms with Crippen molar-refractivity contribution in [2.75, 3.05) is 13.2 Å². The van der Waals surface area contributed by atoms with E-state index in [0.717, 1.165) is 19.4 Å². The molecule has 0 spiro atoms. The smallest absolute Gasteiger partial charge is 0.269 e. The standard InChI is InChI=1S/C18H24N2O4/c21-18(19-12-3-5-14-4-1-2-6-17(14)19)11-13-24-16-9-7-15(8-10-16)20(22)23/h7-10,14,17H,1-6,11-13H2. The third-order valence-electron chi connectivity index (χ3n) is 5.20. The van der Waals surface area contributed by atoms with Gasteiger partial charge in [0, 0.05) is 24.7 Å². The fraction of sp³-hybridized carbons (Fsp3) is 0.611. The van der Waals surface area contributed by atoms with Gasteiger partial charge in [0.1, 0.15) is 5.75 Å². The molecule has 2 aliphatic rings. The Labute approximate surface area is 141 Å². The maximum atomic E-state index is 12.5. The van der Waals surface area contributed by atoms with Crippen molar-refractivity contribution in [2.45, 2.75) is 51.0 Å². The number of non-ortho nitro benzene ring substituents is 1. The van der Waals surface area contributed by atoms with Gasteiger partial charge >= 0.3 is 0 Å². The minimum atomic E-state index is -0.440. The first-order valence-electron chi connectivity index (χ1n) is 8.82. The highest BCUT2D eigenvalue weighted by Crippen LogP contribution is 2.35. The summed E-state index contributed by atoms with van der Waals surface area (Å²) in [7, 11) is 0. The van der Waals surface area contributed by atoms with Crippen molar-refractivity contribution >= 4 is 11.6 Å². The molecule has 130 valence electrons. The molecule has 1 aliphatic carbocycles. The van der Waals surface area contributed by atoms with E-state index in [4.69, 9.17) is 4.74 Å². The molecule has 0 aromatic heterocycles. The number of benzene rings is 1. The molecule has 6 nitrogen and oxygen atoms in total. The molecule has 2 unspecified atom stereocenters. The molecule has 0 radical (unpaired) electrons. The molecule has 1 saturated heterocycles. The molecule has 2 atom stereocenters. The van der Waals surface area contributed by atoms with Gasteiger partial charge in [-0.3, -0.25) is 14.9 Å². The van der Waals surface area contributed by atoms with Gasteiger partial charge in [-0.05, 0) is 43.7 Å². The van der Waals surface area contributed by atoms with Gasteiger partial charge < -0.3 is 9.64 Å². The molecule has 3 rings (SSSR count). The SMILES string of the molecule is O=C(CCOc1ccc([N+](=O)[O-])cc1)N1CCCC2CCCCC21. The summed E-state index contributed by atoms with van der Waals surface area (Å²) < 4.78 is 5.57. The average Bonchev–Trinajstić information content (AvgIpc) is 2.61. The van der Waals surface area contributed by atoms with Crippen molar-refractivity contribution < 1.29 is 14.5 Å². The molecule has 1 saturated carbocycles. The van der Waals surface area contributed by atoms with Gasteiger partial charge in [0.15, 0.2) is 0 Å². The Kier molecular flexibility index (Phi) is 5.33. The van der Waals surface area contributed by atoms with E-state index in [1.54, 1.807) is 12.1 Å². The average molecular weight is 332 g/mol. The largest absolute Gasteiger partial charge is 0.493 e. The molecule has 6 heteroatoms. The Morgan fingerprint density at radius 3 is 2.62 bits per heavy atom. The Morgan fingerprint density at radius 2 is 1.88 bits per heavy atom. The second-order valence-corrected chi connectivity index (χ2v) is 6.69. The van der Waals surface area contributed by atoms with Gasteiger partial charge in [0.05, 0.1) is 18.0 Å². The van der Waals surface area contributed by atoms with Crippen LogP contribution in [0.2, 0.25) is 0 Å². The van der Waals surface area contributed by atoms with Crippen LogP contribution in [-0.2, 0) is 4.79 Å². The summed E-state index contributed by atoms with van der Waals surface area (Å²) in [6, 6.07) is 6.39. The molecule has 1 aromatic carbocycles. The third kappa shape index (κ3) is 3.86. The van der Waals surface area contributed by atoms with Crippen LogP contribution in [0.3, 0.4) is 0 Å². The van der Waals surface area contributed by atoms with Crippen LogP contribution in [0.25, 0.3) is 0 Å². The zero-order chi connectivity index (χ0) is 16.9. The highest BCUT2D eigenvalue weighted by molar-refractivity contribution is 5.76. The molecular weight excluding hydrogens is 308 g/mol. The number of nitro groups is 1. The Bertz CT molecular complexity index is 585. The fourth-order valence-electron chi connectivity index (χ4n) is 4.00. The number of nitrogens with zero attached hydrogens (tertiary/aromatic N) is 2. The first kappa shape index (κ1) is 16.7. The molecule has 1 amide bonds. The minimum Gasteiger partial charge on any atom is -0.493 e. The number of ether oxygens (including phenoxy) is 1. The number of hydrogen-bond acceptors (Lipinski definition) is 4. The molecule has 0 bridgehead atoms. The first-order valence-corrected chi connectivity index (χ1v) is 8.82. The number of carbonyl (C=O) groups excluding carboxylic acids is 1. The quantitative estimate of drug-likeness (QED) is 0.610. The van der Waals surface area contributed by atoms with Crippen molar-refractivity contribution in [3.8, 4) is 5.75 Å². The number of likely N-dealkylation sites (tertiary alicyclic amines) is 1. The van der Waals surface area contributed by atoms with E-state index in [2.05, 4.69) is 4.90 Å². The topological polar surface area (TPSA) is 72.7 Å². The number of rotatable bonds is 5. The molecular formula is C18H24N2O4. The van der Waals surface area contributed by atoms with Crippen LogP contribution in [0.4, 0.5) is 5.69 Å². The van der Waals surface area contributed by atoms with Crippen LogP contribution in [0, 0.1) is 16.0 Å². The van der Waals surface area contributed by atoms with E-state index >= 15 is 0 Å². The van der Waals surface area contributed by atoms with Gasteiger partial charge in [-0.1, -0.05) is 12.8 Å². The summed E-state index contributed by atoms with van der Waals surface area (Å²) >= 11 is 0. The predicted octanol–water partition coefficient (Wildman–Crippen LogP) is 3.54. The van der Waals surface area contributed by atoms with Gasteiger partial charge in [-0.25, -0.2) is 0 Å². The zero-order valence-corrected chi connectivity index (χ0v) is 13.9. The molecule has 1 heterocycles. The number of piperidine rings is 1. The second-order valence-electron chi connectivity index (χ2n) is 6.69. The van der Waals surface area contributed by atoms with E-state index in [9.17, 15) is 14.9 Å². The molecule has 2 fully saturated rings. The van der Waals surface area contributed by atoms with Gasteiger partial charge in [0.2, 0.25) is 5.91 Å². The van der Waals surface area contributed by atoms with Crippen molar-refractivity contribution in [1.29, 1.82) is 0 Å². The van der Waals surface area contributed by atoms with Crippen LogP contribution >= 0.6 is 0 Å². The normalized spacial score (nSPS) is 23.4. The van der Waals surface area contributed by atoms with E-state index < -0.39 is 4.92 Å². The number of fused-ring (bicyclic) bond motifs is 1. The number of amides is 1. The van der Waals surface area contributed by atoms with Gasteiger partial charge in [-0.15, -0.1) is 0 Å². The van der Waals surface area contributed by atoms with Crippen LogP contribution in [-0.4, -0.2) is 34.9 Å². The summed E-state index contributed by atoms with van der Waals surface area (Å²) in [5.74, 6) is 1.42. The van der Waals surface area contributed by atoms with E-state index in [1.807, 2.05) is 0 Å². The van der Waals surface area contributed by atoms with E-state index in [1.165, 1.54) is 37.8 Å². The lowest BCUT2D eigenvalue weighted by atomic mass is 9.78. The van der Waals surface area contributed by atoms with Crippen LogP contribution < -0.4 is 4.74 Å². The lowest BCUT2D eigenvalue weighted by molar-refractivity contribution is -0.384. The summed E-state index contributed by atoms with van der Waals surface area (Å²) in [4.78, 5) is 24.8.